The van der Waals surface area contributed by atoms with E-state index in [0.717, 1.165) is 32.4 Å². The highest BCUT2D eigenvalue weighted by molar-refractivity contribution is 7.89. The first-order chi connectivity index (χ1) is 13.4. The molecule has 7 nitrogen and oxygen atoms in total. The Kier molecular flexibility index (Phi) is 6.95. The average molecular weight is 428 g/mol. The van der Waals surface area contributed by atoms with Gasteiger partial charge in [0.1, 0.15) is 0 Å². The van der Waals surface area contributed by atoms with Crippen LogP contribution in [0.3, 0.4) is 0 Å². The van der Waals surface area contributed by atoms with Crippen LogP contribution in [0.5, 0.6) is 0 Å². The summed E-state index contributed by atoms with van der Waals surface area (Å²) in [6, 6.07) is 6.01. The summed E-state index contributed by atoms with van der Waals surface area (Å²) >= 11 is 5.84. The number of halogens is 1. The topological polar surface area (TPSA) is 86.8 Å². The van der Waals surface area contributed by atoms with Crippen molar-refractivity contribution >= 4 is 33.4 Å². The maximum absolute atomic E-state index is 12.8. The molecule has 2 aliphatic heterocycles. The van der Waals surface area contributed by atoms with Crippen LogP contribution in [0.4, 0.5) is 0 Å². The molecule has 0 saturated carbocycles. The maximum atomic E-state index is 12.8. The molecule has 1 N–H and O–H groups in total. The molecule has 2 amide bonds. The number of carbonyl (C=O) groups is 2. The van der Waals surface area contributed by atoms with Crippen molar-refractivity contribution < 1.29 is 18.0 Å². The SMILES string of the molecule is O=C(NCC(=O)N1CCCCC1)[C@@H]1CCCN(S(=O)(=O)c2ccc(Cl)cc2)C1. The van der Waals surface area contributed by atoms with Gasteiger partial charge in [0, 0.05) is 31.2 Å². The summed E-state index contributed by atoms with van der Waals surface area (Å²) in [5.41, 5.74) is 0. The van der Waals surface area contributed by atoms with E-state index in [1.807, 2.05) is 0 Å². The summed E-state index contributed by atoms with van der Waals surface area (Å²) < 4.78 is 27.0. The largest absolute Gasteiger partial charge is 0.347 e. The summed E-state index contributed by atoms with van der Waals surface area (Å²) in [4.78, 5) is 26.7. The van der Waals surface area contributed by atoms with Gasteiger partial charge < -0.3 is 10.2 Å². The third-order valence-corrected chi connectivity index (χ3v) is 7.46. The van der Waals surface area contributed by atoms with Crippen LogP contribution in [0.15, 0.2) is 29.2 Å². The van der Waals surface area contributed by atoms with E-state index in [9.17, 15) is 18.0 Å². The summed E-state index contributed by atoms with van der Waals surface area (Å²) in [6.45, 7) is 1.95. The van der Waals surface area contributed by atoms with E-state index in [4.69, 9.17) is 11.6 Å². The third-order valence-electron chi connectivity index (χ3n) is 5.33. The van der Waals surface area contributed by atoms with Gasteiger partial charge in [0.15, 0.2) is 0 Å². The highest BCUT2D eigenvalue weighted by atomic mass is 35.5. The first-order valence-electron chi connectivity index (χ1n) is 9.69. The second-order valence-electron chi connectivity index (χ2n) is 7.32. The maximum Gasteiger partial charge on any atom is 0.243 e. The number of amides is 2. The molecule has 2 heterocycles. The smallest absolute Gasteiger partial charge is 0.243 e. The Hall–Kier alpha value is -1.64. The first-order valence-corrected chi connectivity index (χ1v) is 11.5. The molecule has 0 spiro atoms. The zero-order valence-electron chi connectivity index (χ0n) is 15.8. The van der Waals surface area contributed by atoms with E-state index in [2.05, 4.69) is 5.32 Å². The zero-order valence-corrected chi connectivity index (χ0v) is 17.3. The predicted octanol–water partition coefficient (Wildman–Crippen LogP) is 1.87. The lowest BCUT2D eigenvalue weighted by atomic mass is 9.99. The van der Waals surface area contributed by atoms with Crippen molar-refractivity contribution in [2.75, 3.05) is 32.7 Å². The van der Waals surface area contributed by atoms with Gasteiger partial charge in [0.05, 0.1) is 17.4 Å². The Morgan fingerprint density at radius 3 is 2.39 bits per heavy atom. The molecular formula is C19H26ClN3O4S. The lowest BCUT2D eigenvalue weighted by Gasteiger charge is -2.31. The van der Waals surface area contributed by atoms with Crippen molar-refractivity contribution in [3.63, 3.8) is 0 Å². The number of hydrogen-bond donors (Lipinski definition) is 1. The van der Waals surface area contributed by atoms with Crippen LogP contribution in [-0.2, 0) is 19.6 Å². The number of nitrogens with one attached hydrogen (secondary N) is 1. The van der Waals surface area contributed by atoms with Crippen LogP contribution in [-0.4, -0.2) is 62.2 Å². The monoisotopic (exact) mass is 427 g/mol. The van der Waals surface area contributed by atoms with E-state index < -0.39 is 15.9 Å². The van der Waals surface area contributed by atoms with E-state index in [0.29, 0.717) is 24.4 Å². The minimum atomic E-state index is -3.67. The van der Waals surface area contributed by atoms with Crippen molar-refractivity contribution in [2.24, 2.45) is 5.92 Å². The fraction of sp³-hybridized carbons (Fsp3) is 0.579. The van der Waals surface area contributed by atoms with Crippen LogP contribution in [0.25, 0.3) is 0 Å². The molecule has 0 aliphatic carbocycles. The van der Waals surface area contributed by atoms with Crippen LogP contribution in [0.2, 0.25) is 5.02 Å². The number of nitrogens with zero attached hydrogens (tertiary/aromatic N) is 2. The summed E-state index contributed by atoms with van der Waals surface area (Å²) in [6.07, 6.45) is 4.34. The molecule has 2 saturated heterocycles. The lowest BCUT2D eigenvalue weighted by molar-refractivity contribution is -0.134. The van der Waals surface area contributed by atoms with Crippen LogP contribution in [0, 0.1) is 5.92 Å². The standard InChI is InChI=1S/C19H26ClN3O4S/c20-16-6-8-17(9-7-16)28(26,27)23-12-4-5-15(14-23)19(25)21-13-18(24)22-10-2-1-3-11-22/h6-9,15H,1-5,10-14H2,(H,21,25)/t15-/m1/s1. The third kappa shape index (κ3) is 5.04. The molecule has 0 radical (unpaired) electrons. The number of benzene rings is 1. The molecule has 1 aromatic rings. The zero-order chi connectivity index (χ0) is 20.1. The number of carbonyl (C=O) groups excluding carboxylic acids is 2. The fourth-order valence-electron chi connectivity index (χ4n) is 3.69. The van der Waals surface area contributed by atoms with Gasteiger partial charge in [-0.2, -0.15) is 4.31 Å². The van der Waals surface area contributed by atoms with Crippen LogP contribution in [0.1, 0.15) is 32.1 Å². The molecule has 28 heavy (non-hydrogen) atoms. The highest BCUT2D eigenvalue weighted by Gasteiger charge is 2.33. The number of piperidine rings is 2. The molecular weight excluding hydrogens is 402 g/mol. The minimum Gasteiger partial charge on any atom is -0.347 e. The van der Waals surface area contributed by atoms with Crippen molar-refractivity contribution in [2.45, 2.75) is 37.0 Å². The molecule has 9 heteroatoms. The van der Waals surface area contributed by atoms with E-state index in [-0.39, 0.29) is 29.8 Å². The molecule has 0 bridgehead atoms. The first kappa shape index (κ1) is 21.1. The Morgan fingerprint density at radius 2 is 1.71 bits per heavy atom. The summed E-state index contributed by atoms with van der Waals surface area (Å²) in [7, 11) is -3.67. The van der Waals surface area contributed by atoms with E-state index in [1.54, 1.807) is 4.90 Å². The number of likely N-dealkylation sites (tertiary alicyclic amines) is 1. The Labute approximate surface area is 171 Å². The lowest BCUT2D eigenvalue weighted by Crippen LogP contribution is -2.48. The van der Waals surface area contributed by atoms with Gasteiger partial charge in [-0.1, -0.05) is 11.6 Å². The summed E-state index contributed by atoms with van der Waals surface area (Å²) in [5, 5.41) is 3.17. The number of hydrogen-bond acceptors (Lipinski definition) is 4. The average Bonchev–Trinajstić information content (AvgIpc) is 2.72. The quantitative estimate of drug-likeness (QED) is 0.777. The second-order valence-corrected chi connectivity index (χ2v) is 9.69. The Bertz CT molecular complexity index is 807. The summed E-state index contributed by atoms with van der Waals surface area (Å²) in [5.74, 6) is -0.791. The minimum absolute atomic E-state index is 0.0285. The van der Waals surface area contributed by atoms with Gasteiger partial charge in [-0.25, -0.2) is 8.42 Å². The molecule has 2 fully saturated rings. The van der Waals surface area contributed by atoms with Gasteiger partial charge in [0.25, 0.3) is 0 Å². The Balaban J connectivity index is 1.57. The molecule has 2 aliphatic rings. The van der Waals surface area contributed by atoms with Gasteiger partial charge in [-0.15, -0.1) is 0 Å². The molecule has 0 unspecified atom stereocenters. The van der Waals surface area contributed by atoms with Crippen LogP contribution < -0.4 is 5.32 Å². The highest BCUT2D eigenvalue weighted by Crippen LogP contribution is 2.24. The molecule has 154 valence electrons. The Morgan fingerprint density at radius 1 is 1.04 bits per heavy atom. The van der Waals surface area contributed by atoms with Crippen LogP contribution >= 0.6 is 11.6 Å². The fourth-order valence-corrected chi connectivity index (χ4v) is 5.34. The van der Waals surface area contributed by atoms with Gasteiger partial charge in [-0.3, -0.25) is 9.59 Å². The molecule has 3 rings (SSSR count). The second kappa shape index (κ2) is 9.24. The van der Waals surface area contributed by atoms with E-state index >= 15 is 0 Å². The van der Waals surface area contributed by atoms with Gasteiger partial charge in [0.2, 0.25) is 21.8 Å². The normalized spacial score (nSPS) is 21.3. The molecule has 1 aromatic carbocycles. The van der Waals surface area contributed by atoms with Gasteiger partial charge >= 0.3 is 0 Å². The molecule has 1 atom stereocenters. The van der Waals surface area contributed by atoms with Crippen molar-refractivity contribution in [1.29, 1.82) is 0 Å². The van der Waals surface area contributed by atoms with Crippen molar-refractivity contribution in [3.8, 4) is 0 Å². The van der Waals surface area contributed by atoms with Gasteiger partial charge in [-0.05, 0) is 56.4 Å². The van der Waals surface area contributed by atoms with Crippen molar-refractivity contribution in [3.05, 3.63) is 29.3 Å². The number of sulfonamides is 1. The predicted molar refractivity (Wildman–Crippen MR) is 106 cm³/mol. The van der Waals surface area contributed by atoms with E-state index in [1.165, 1.54) is 28.6 Å². The number of rotatable bonds is 5. The molecule has 0 aromatic heterocycles. The van der Waals surface area contributed by atoms with Crippen molar-refractivity contribution in [1.82, 2.24) is 14.5 Å².